The molecule has 0 aliphatic carbocycles. The summed E-state index contributed by atoms with van der Waals surface area (Å²) in [5.74, 6) is 1.28. The van der Waals surface area contributed by atoms with Gasteiger partial charge >= 0.3 is 0 Å². The Morgan fingerprint density at radius 1 is 1.30 bits per heavy atom. The van der Waals surface area contributed by atoms with Crippen LogP contribution in [0.25, 0.3) is 6.08 Å². The van der Waals surface area contributed by atoms with E-state index in [-0.39, 0.29) is 11.4 Å². The number of amides is 1. The maximum Gasteiger partial charge on any atom is 0.266 e. The molecule has 1 amide bonds. The van der Waals surface area contributed by atoms with Gasteiger partial charge in [0.25, 0.3) is 5.91 Å². The summed E-state index contributed by atoms with van der Waals surface area (Å²) in [6, 6.07) is 5.60. The molecule has 1 saturated heterocycles. The van der Waals surface area contributed by atoms with Crippen LogP contribution in [0.1, 0.15) is 33.3 Å². The number of ether oxygens (including phenoxy) is 2. The van der Waals surface area contributed by atoms with Gasteiger partial charge in [-0.25, -0.2) is 0 Å². The summed E-state index contributed by atoms with van der Waals surface area (Å²) in [4.78, 5) is 14.9. The van der Waals surface area contributed by atoms with Crippen LogP contribution >= 0.6 is 24.0 Å². The van der Waals surface area contributed by atoms with E-state index in [1.54, 1.807) is 12.0 Å². The van der Waals surface area contributed by atoms with Crippen LogP contribution in [0.4, 0.5) is 0 Å². The second-order valence-corrected chi connectivity index (χ2v) is 7.71. The van der Waals surface area contributed by atoms with Crippen LogP contribution in [0.5, 0.6) is 11.5 Å². The molecular formula is C17H21NO3S2. The summed E-state index contributed by atoms with van der Waals surface area (Å²) in [5.41, 5.74) is 0.549. The normalized spacial score (nSPS) is 17.1. The molecule has 0 radical (unpaired) electrons. The maximum absolute atomic E-state index is 12.6. The number of hydrogen-bond donors (Lipinski definition) is 0. The van der Waals surface area contributed by atoms with E-state index in [1.807, 2.05) is 52.0 Å². The second-order valence-electron chi connectivity index (χ2n) is 6.03. The van der Waals surface area contributed by atoms with E-state index in [0.717, 1.165) is 5.56 Å². The SMILES string of the molecule is CCOc1ccc(C=C2SC(=S)N(C(C)(C)C)C2=O)cc1OC. The Kier molecular flexibility index (Phi) is 5.37. The van der Waals surface area contributed by atoms with Gasteiger partial charge in [0.1, 0.15) is 4.32 Å². The van der Waals surface area contributed by atoms with Crippen LogP contribution in [0, 0.1) is 0 Å². The fourth-order valence-electron chi connectivity index (χ4n) is 2.25. The average molecular weight is 351 g/mol. The van der Waals surface area contributed by atoms with Crippen LogP contribution in [-0.2, 0) is 4.79 Å². The molecule has 1 aromatic carbocycles. The second kappa shape index (κ2) is 6.93. The lowest BCUT2D eigenvalue weighted by Gasteiger charge is -2.30. The summed E-state index contributed by atoms with van der Waals surface area (Å²) in [6.07, 6.45) is 1.84. The number of hydrogen-bond acceptors (Lipinski definition) is 5. The van der Waals surface area contributed by atoms with Crippen molar-refractivity contribution in [2.24, 2.45) is 0 Å². The average Bonchev–Trinajstić information content (AvgIpc) is 2.74. The van der Waals surface area contributed by atoms with E-state index in [0.29, 0.717) is 27.3 Å². The van der Waals surface area contributed by atoms with E-state index < -0.39 is 0 Å². The molecule has 2 rings (SSSR count). The lowest BCUT2D eigenvalue weighted by molar-refractivity contribution is -0.125. The van der Waals surface area contributed by atoms with E-state index in [1.165, 1.54) is 11.8 Å². The molecule has 0 saturated carbocycles. The van der Waals surface area contributed by atoms with Crippen LogP contribution in [-0.4, -0.2) is 34.4 Å². The van der Waals surface area contributed by atoms with E-state index in [2.05, 4.69) is 0 Å². The molecule has 0 bridgehead atoms. The zero-order valence-electron chi connectivity index (χ0n) is 14.0. The molecule has 6 heteroatoms. The summed E-state index contributed by atoms with van der Waals surface area (Å²) in [6.45, 7) is 8.41. The van der Waals surface area contributed by atoms with Crippen LogP contribution in [0.2, 0.25) is 0 Å². The number of thioether (sulfide) groups is 1. The van der Waals surface area contributed by atoms with Gasteiger partial charge in [-0.15, -0.1) is 0 Å². The van der Waals surface area contributed by atoms with Crippen molar-refractivity contribution in [1.29, 1.82) is 0 Å². The molecular weight excluding hydrogens is 330 g/mol. The van der Waals surface area contributed by atoms with E-state index >= 15 is 0 Å². The van der Waals surface area contributed by atoms with Gasteiger partial charge in [0.2, 0.25) is 0 Å². The fraction of sp³-hybridized carbons (Fsp3) is 0.412. The molecule has 1 aliphatic heterocycles. The highest BCUT2D eigenvalue weighted by atomic mass is 32.2. The lowest BCUT2D eigenvalue weighted by Crippen LogP contribution is -2.44. The van der Waals surface area contributed by atoms with Gasteiger partial charge in [0, 0.05) is 5.54 Å². The molecule has 0 atom stereocenters. The quantitative estimate of drug-likeness (QED) is 0.603. The maximum atomic E-state index is 12.6. The minimum Gasteiger partial charge on any atom is -0.493 e. The predicted molar refractivity (Wildman–Crippen MR) is 98.9 cm³/mol. The zero-order valence-corrected chi connectivity index (χ0v) is 15.6. The van der Waals surface area contributed by atoms with Gasteiger partial charge < -0.3 is 9.47 Å². The first kappa shape index (κ1) is 17.8. The monoisotopic (exact) mass is 351 g/mol. The van der Waals surface area contributed by atoms with Crippen molar-refractivity contribution in [3.63, 3.8) is 0 Å². The topological polar surface area (TPSA) is 38.8 Å². The molecule has 1 aliphatic rings. The molecule has 1 aromatic rings. The van der Waals surface area contributed by atoms with Gasteiger partial charge in [-0.3, -0.25) is 9.69 Å². The summed E-state index contributed by atoms with van der Waals surface area (Å²) < 4.78 is 11.4. The van der Waals surface area contributed by atoms with Crippen molar-refractivity contribution in [2.75, 3.05) is 13.7 Å². The van der Waals surface area contributed by atoms with Gasteiger partial charge in [-0.2, -0.15) is 0 Å². The van der Waals surface area contributed by atoms with Crippen molar-refractivity contribution in [3.8, 4) is 11.5 Å². The molecule has 124 valence electrons. The number of methoxy groups -OCH3 is 1. The molecule has 0 unspecified atom stereocenters. The molecule has 1 fully saturated rings. The minimum atomic E-state index is -0.326. The molecule has 0 aromatic heterocycles. The third-order valence-corrected chi connectivity index (χ3v) is 4.55. The smallest absolute Gasteiger partial charge is 0.266 e. The number of benzene rings is 1. The molecule has 4 nitrogen and oxygen atoms in total. The largest absolute Gasteiger partial charge is 0.493 e. The molecule has 0 N–H and O–H groups in total. The highest BCUT2D eigenvalue weighted by Crippen LogP contribution is 2.37. The van der Waals surface area contributed by atoms with Crippen LogP contribution in [0.15, 0.2) is 23.1 Å². The Labute approximate surface area is 146 Å². The van der Waals surface area contributed by atoms with Crippen molar-refractivity contribution in [1.82, 2.24) is 4.90 Å². The van der Waals surface area contributed by atoms with Crippen molar-refractivity contribution >= 4 is 40.3 Å². The van der Waals surface area contributed by atoms with Crippen molar-refractivity contribution in [3.05, 3.63) is 28.7 Å². The van der Waals surface area contributed by atoms with Gasteiger partial charge in [-0.05, 0) is 51.5 Å². The standard InChI is InChI=1S/C17H21NO3S2/c1-6-21-12-8-7-11(9-13(12)20-5)10-14-15(19)18(16(22)23-14)17(2,3)4/h7-10H,6H2,1-5H3. The van der Waals surface area contributed by atoms with Crippen molar-refractivity contribution < 1.29 is 14.3 Å². The number of rotatable bonds is 4. The van der Waals surface area contributed by atoms with Crippen LogP contribution < -0.4 is 9.47 Å². The van der Waals surface area contributed by atoms with Gasteiger partial charge in [0.05, 0.1) is 18.6 Å². The Hall–Kier alpha value is -1.53. The highest BCUT2D eigenvalue weighted by Gasteiger charge is 2.38. The van der Waals surface area contributed by atoms with E-state index in [4.69, 9.17) is 21.7 Å². The molecule has 0 spiro atoms. The van der Waals surface area contributed by atoms with Gasteiger partial charge in [0.15, 0.2) is 11.5 Å². The third-order valence-electron chi connectivity index (χ3n) is 3.25. The number of carbonyl (C=O) groups excluding carboxylic acids is 1. The highest BCUT2D eigenvalue weighted by molar-refractivity contribution is 8.26. The number of nitrogens with zero attached hydrogens (tertiary/aromatic N) is 1. The van der Waals surface area contributed by atoms with Gasteiger partial charge in [-0.1, -0.05) is 30.0 Å². The zero-order chi connectivity index (χ0) is 17.2. The summed E-state index contributed by atoms with van der Waals surface area (Å²) in [7, 11) is 1.60. The Morgan fingerprint density at radius 3 is 2.52 bits per heavy atom. The predicted octanol–water partition coefficient (Wildman–Crippen LogP) is 4.09. The first-order valence-corrected chi connectivity index (χ1v) is 8.59. The summed E-state index contributed by atoms with van der Waals surface area (Å²) >= 11 is 6.67. The Bertz CT molecular complexity index is 662. The Balaban J connectivity index is 2.32. The van der Waals surface area contributed by atoms with Crippen molar-refractivity contribution in [2.45, 2.75) is 33.2 Å². The van der Waals surface area contributed by atoms with E-state index in [9.17, 15) is 4.79 Å². The lowest BCUT2D eigenvalue weighted by atomic mass is 10.1. The summed E-state index contributed by atoms with van der Waals surface area (Å²) in [5, 5.41) is 0. The first-order valence-electron chi connectivity index (χ1n) is 7.36. The first-order chi connectivity index (χ1) is 10.8. The number of thiocarbonyl (C=S) groups is 1. The number of carbonyl (C=O) groups is 1. The fourth-order valence-corrected chi connectivity index (χ4v) is 3.88. The molecule has 1 heterocycles. The minimum absolute atomic E-state index is 0.0552. The Morgan fingerprint density at radius 2 is 2.00 bits per heavy atom. The third kappa shape index (κ3) is 3.87. The molecule has 23 heavy (non-hydrogen) atoms. The van der Waals surface area contributed by atoms with Crippen LogP contribution in [0.3, 0.4) is 0 Å².